The lowest BCUT2D eigenvalue weighted by Crippen LogP contribution is -2.25. The van der Waals surface area contributed by atoms with Crippen LogP contribution >= 0.6 is 0 Å². The van der Waals surface area contributed by atoms with Crippen LogP contribution in [0, 0.1) is 5.92 Å². The third-order valence-corrected chi connectivity index (χ3v) is 3.03. The summed E-state index contributed by atoms with van der Waals surface area (Å²) in [5, 5.41) is 8.60. The van der Waals surface area contributed by atoms with Crippen molar-refractivity contribution in [3.63, 3.8) is 0 Å². The Kier molecular flexibility index (Phi) is 6.15. The van der Waals surface area contributed by atoms with Gasteiger partial charge in [0.25, 0.3) is 0 Å². The molecule has 0 bridgehead atoms. The summed E-state index contributed by atoms with van der Waals surface area (Å²) < 4.78 is 5.79. The van der Waals surface area contributed by atoms with Crippen molar-refractivity contribution in [1.82, 2.24) is 0 Å². The summed E-state index contributed by atoms with van der Waals surface area (Å²) >= 11 is 0. The molecule has 0 aromatic carbocycles. The fourth-order valence-corrected chi connectivity index (χ4v) is 2.12. The first-order valence-electron chi connectivity index (χ1n) is 5.81. The largest absolute Gasteiger partial charge is 0.396 e. The lowest BCUT2D eigenvalue weighted by molar-refractivity contribution is 0.0275. The third-order valence-electron chi connectivity index (χ3n) is 3.03. The number of hydrogen-bond donors (Lipinski definition) is 2. The molecule has 0 heterocycles. The first-order chi connectivity index (χ1) is 6.88. The Morgan fingerprint density at radius 1 is 1.21 bits per heavy atom. The van der Waals surface area contributed by atoms with Crippen molar-refractivity contribution in [2.24, 2.45) is 11.7 Å². The average Bonchev–Trinajstić information content (AvgIpc) is 2.65. The number of nitrogens with two attached hydrogens (primary N) is 1. The second-order valence-corrected chi connectivity index (χ2v) is 4.12. The number of aliphatic hydroxyl groups is 1. The molecule has 84 valence electrons. The fraction of sp³-hybridized carbons (Fsp3) is 1.00. The monoisotopic (exact) mass is 201 g/mol. The Hall–Kier alpha value is -0.120. The lowest BCUT2D eigenvalue weighted by atomic mass is 10.1. The van der Waals surface area contributed by atoms with E-state index in [4.69, 9.17) is 15.6 Å². The van der Waals surface area contributed by atoms with Crippen LogP contribution in [0.1, 0.15) is 38.5 Å². The van der Waals surface area contributed by atoms with Gasteiger partial charge in [-0.05, 0) is 44.6 Å². The molecule has 14 heavy (non-hydrogen) atoms. The average molecular weight is 201 g/mol. The summed E-state index contributed by atoms with van der Waals surface area (Å²) in [6, 6.07) is 0. The maximum Gasteiger partial charge on any atom is 0.0615 e. The molecule has 3 nitrogen and oxygen atoms in total. The van der Waals surface area contributed by atoms with E-state index in [1.807, 2.05) is 0 Å². The van der Waals surface area contributed by atoms with E-state index in [1.54, 1.807) is 0 Å². The maximum atomic E-state index is 8.60. The van der Waals surface area contributed by atoms with Gasteiger partial charge in [-0.25, -0.2) is 0 Å². The zero-order valence-corrected chi connectivity index (χ0v) is 8.95. The topological polar surface area (TPSA) is 55.5 Å². The van der Waals surface area contributed by atoms with Crippen molar-refractivity contribution >= 4 is 0 Å². The molecule has 2 atom stereocenters. The van der Waals surface area contributed by atoms with Crippen LogP contribution in [-0.2, 0) is 4.74 Å². The second-order valence-electron chi connectivity index (χ2n) is 4.12. The molecule has 1 fully saturated rings. The summed E-state index contributed by atoms with van der Waals surface area (Å²) in [5.41, 5.74) is 5.66. The smallest absolute Gasteiger partial charge is 0.0615 e. The van der Waals surface area contributed by atoms with E-state index >= 15 is 0 Å². The van der Waals surface area contributed by atoms with E-state index in [0.29, 0.717) is 18.6 Å². The fourth-order valence-electron chi connectivity index (χ4n) is 2.12. The molecule has 3 heteroatoms. The molecule has 3 N–H and O–H groups in total. The number of rotatable bonds is 7. The predicted molar refractivity (Wildman–Crippen MR) is 57.1 cm³/mol. The zero-order chi connectivity index (χ0) is 10.2. The van der Waals surface area contributed by atoms with Crippen LogP contribution in [0.2, 0.25) is 0 Å². The Morgan fingerprint density at radius 3 is 2.79 bits per heavy atom. The second kappa shape index (κ2) is 7.21. The van der Waals surface area contributed by atoms with Crippen molar-refractivity contribution in [1.29, 1.82) is 0 Å². The highest BCUT2D eigenvalue weighted by Crippen LogP contribution is 2.27. The molecular formula is C11H23NO2. The van der Waals surface area contributed by atoms with Crippen molar-refractivity contribution in [3.05, 3.63) is 0 Å². The van der Waals surface area contributed by atoms with Gasteiger partial charge in [-0.3, -0.25) is 0 Å². The molecular weight excluding hydrogens is 178 g/mol. The first kappa shape index (κ1) is 12.0. The Bertz CT molecular complexity index is 141. The highest BCUT2D eigenvalue weighted by atomic mass is 16.5. The van der Waals surface area contributed by atoms with Gasteiger partial charge in [-0.2, -0.15) is 0 Å². The van der Waals surface area contributed by atoms with E-state index < -0.39 is 0 Å². The molecule has 0 spiro atoms. The van der Waals surface area contributed by atoms with Crippen LogP contribution in [0.5, 0.6) is 0 Å². The zero-order valence-electron chi connectivity index (χ0n) is 8.95. The third kappa shape index (κ3) is 3.95. The number of ether oxygens (including phenoxy) is 1. The Morgan fingerprint density at radius 2 is 2.07 bits per heavy atom. The van der Waals surface area contributed by atoms with Gasteiger partial charge in [-0.1, -0.05) is 6.42 Å². The highest BCUT2D eigenvalue weighted by molar-refractivity contribution is 4.78. The molecule has 1 aliphatic rings. The maximum absolute atomic E-state index is 8.60. The summed E-state index contributed by atoms with van der Waals surface area (Å²) in [6.45, 7) is 1.90. The first-order valence-corrected chi connectivity index (χ1v) is 5.81. The van der Waals surface area contributed by atoms with Gasteiger partial charge in [0, 0.05) is 13.2 Å². The summed E-state index contributed by atoms with van der Waals surface area (Å²) in [6.07, 6.45) is 7.12. The SMILES string of the molecule is NCC1CCCC1OCCCCCO. The molecule has 0 saturated heterocycles. The van der Waals surface area contributed by atoms with Crippen LogP contribution in [0.3, 0.4) is 0 Å². The molecule has 1 aliphatic carbocycles. The number of aliphatic hydroxyl groups excluding tert-OH is 1. The number of unbranched alkanes of at least 4 members (excludes halogenated alkanes) is 2. The molecule has 0 aliphatic heterocycles. The predicted octanol–water partition coefficient (Wildman–Crippen LogP) is 1.29. The minimum Gasteiger partial charge on any atom is -0.396 e. The van der Waals surface area contributed by atoms with Gasteiger partial charge >= 0.3 is 0 Å². The normalized spacial score (nSPS) is 27.0. The Balaban J connectivity index is 2.00. The van der Waals surface area contributed by atoms with Gasteiger partial charge in [0.05, 0.1) is 6.10 Å². The van der Waals surface area contributed by atoms with Crippen LogP contribution in [0.25, 0.3) is 0 Å². The minimum atomic E-state index is 0.300. The van der Waals surface area contributed by atoms with E-state index in [9.17, 15) is 0 Å². The van der Waals surface area contributed by atoms with E-state index in [-0.39, 0.29) is 0 Å². The van der Waals surface area contributed by atoms with E-state index in [0.717, 1.165) is 32.4 Å². The van der Waals surface area contributed by atoms with Crippen LogP contribution in [0.4, 0.5) is 0 Å². The van der Waals surface area contributed by atoms with Crippen molar-refractivity contribution in [3.8, 4) is 0 Å². The highest BCUT2D eigenvalue weighted by Gasteiger charge is 2.26. The molecule has 2 unspecified atom stereocenters. The van der Waals surface area contributed by atoms with Crippen molar-refractivity contribution < 1.29 is 9.84 Å². The van der Waals surface area contributed by atoms with Gasteiger partial charge in [-0.15, -0.1) is 0 Å². The summed E-state index contributed by atoms with van der Waals surface area (Å²) in [7, 11) is 0. The van der Waals surface area contributed by atoms with Crippen molar-refractivity contribution in [2.75, 3.05) is 19.8 Å². The van der Waals surface area contributed by atoms with Crippen LogP contribution < -0.4 is 5.73 Å². The van der Waals surface area contributed by atoms with E-state index in [2.05, 4.69) is 0 Å². The summed E-state index contributed by atoms with van der Waals surface area (Å²) in [4.78, 5) is 0. The quantitative estimate of drug-likeness (QED) is 0.610. The van der Waals surface area contributed by atoms with Gasteiger partial charge in [0.15, 0.2) is 0 Å². The standard InChI is InChI=1S/C11H23NO2/c12-9-10-5-4-6-11(10)14-8-3-1-2-7-13/h10-11,13H,1-9,12H2. The molecule has 0 radical (unpaired) electrons. The van der Waals surface area contributed by atoms with Gasteiger partial charge < -0.3 is 15.6 Å². The van der Waals surface area contributed by atoms with Gasteiger partial charge in [0.2, 0.25) is 0 Å². The van der Waals surface area contributed by atoms with Crippen LogP contribution in [-0.4, -0.2) is 31.0 Å². The number of hydrogen-bond acceptors (Lipinski definition) is 3. The molecule has 1 saturated carbocycles. The van der Waals surface area contributed by atoms with Gasteiger partial charge in [0.1, 0.15) is 0 Å². The van der Waals surface area contributed by atoms with Crippen LogP contribution in [0.15, 0.2) is 0 Å². The van der Waals surface area contributed by atoms with Crippen molar-refractivity contribution in [2.45, 2.75) is 44.6 Å². The molecule has 0 amide bonds. The lowest BCUT2D eigenvalue weighted by Gasteiger charge is -2.18. The van der Waals surface area contributed by atoms with E-state index in [1.165, 1.54) is 19.3 Å². The molecule has 1 rings (SSSR count). The molecule has 0 aromatic rings. The molecule has 0 aromatic heterocycles. The minimum absolute atomic E-state index is 0.300. The summed E-state index contributed by atoms with van der Waals surface area (Å²) in [5.74, 6) is 0.591. The Labute approximate surface area is 86.6 Å².